The molecule has 5 nitrogen and oxygen atoms in total. The van der Waals surface area contributed by atoms with E-state index in [1.54, 1.807) is 14.2 Å². The van der Waals surface area contributed by atoms with Gasteiger partial charge in [0, 0.05) is 37.4 Å². The van der Waals surface area contributed by atoms with Crippen molar-refractivity contribution >= 4 is 5.78 Å². The summed E-state index contributed by atoms with van der Waals surface area (Å²) in [6.45, 7) is 7.06. The van der Waals surface area contributed by atoms with Gasteiger partial charge in [-0.05, 0) is 38.7 Å². The van der Waals surface area contributed by atoms with Gasteiger partial charge in [-0.3, -0.25) is 4.79 Å². The van der Waals surface area contributed by atoms with Crippen LogP contribution in [-0.2, 0) is 19.0 Å². The highest BCUT2D eigenvalue weighted by Crippen LogP contribution is 2.84. The SMILES string of the molecule is COC1C(=O)C2(C)C(OC)CC3OCC3C23CC2(O)CCC(C)=C1C23C. The van der Waals surface area contributed by atoms with Crippen LogP contribution in [0.25, 0.3) is 0 Å². The maximum absolute atomic E-state index is 13.9. The summed E-state index contributed by atoms with van der Waals surface area (Å²) in [6.07, 6.45) is 2.34. The lowest BCUT2D eigenvalue weighted by Crippen LogP contribution is -2.88. The lowest BCUT2D eigenvalue weighted by Gasteiger charge is -2.83. The fourth-order valence-electron chi connectivity index (χ4n) is 8.08. The number of aliphatic hydroxyl groups is 1. The molecule has 5 aliphatic rings. The van der Waals surface area contributed by atoms with Gasteiger partial charge in [0.15, 0.2) is 5.78 Å². The molecular formula is C21H30O5. The van der Waals surface area contributed by atoms with E-state index >= 15 is 0 Å². The molecule has 0 amide bonds. The van der Waals surface area contributed by atoms with Gasteiger partial charge in [-0.15, -0.1) is 0 Å². The Labute approximate surface area is 155 Å². The summed E-state index contributed by atoms with van der Waals surface area (Å²) in [7, 11) is 3.32. The fourth-order valence-corrected chi connectivity index (χ4v) is 8.08. The zero-order valence-corrected chi connectivity index (χ0v) is 16.4. The Morgan fingerprint density at radius 2 is 1.96 bits per heavy atom. The molecular weight excluding hydrogens is 332 g/mol. The van der Waals surface area contributed by atoms with Gasteiger partial charge in [0.05, 0.1) is 29.8 Å². The van der Waals surface area contributed by atoms with Crippen LogP contribution in [0.15, 0.2) is 11.1 Å². The molecule has 1 aliphatic heterocycles. The van der Waals surface area contributed by atoms with Crippen molar-refractivity contribution in [3.63, 3.8) is 0 Å². The Bertz CT molecular complexity index is 730. The van der Waals surface area contributed by atoms with E-state index in [4.69, 9.17) is 14.2 Å². The first-order valence-corrected chi connectivity index (χ1v) is 9.87. The Hall–Kier alpha value is -0.750. The van der Waals surface area contributed by atoms with Gasteiger partial charge >= 0.3 is 0 Å². The number of allylic oxidation sites excluding steroid dienone is 1. The molecule has 4 aliphatic carbocycles. The molecule has 0 radical (unpaired) electrons. The normalized spacial score (nSPS) is 57.5. The topological polar surface area (TPSA) is 65.0 Å². The molecule has 26 heavy (non-hydrogen) atoms. The summed E-state index contributed by atoms with van der Waals surface area (Å²) in [6, 6.07) is 0. The third-order valence-corrected chi connectivity index (χ3v) is 9.43. The first-order valence-electron chi connectivity index (χ1n) is 9.87. The summed E-state index contributed by atoms with van der Waals surface area (Å²) in [4.78, 5) is 13.9. The van der Waals surface area contributed by atoms with Crippen LogP contribution in [0.2, 0.25) is 0 Å². The maximum atomic E-state index is 13.9. The number of fused-ring (bicyclic) bond motifs is 1. The van der Waals surface area contributed by atoms with Gasteiger partial charge in [-0.2, -0.15) is 0 Å². The molecule has 1 saturated heterocycles. The van der Waals surface area contributed by atoms with Crippen LogP contribution in [0, 0.1) is 22.2 Å². The van der Waals surface area contributed by atoms with Crippen molar-refractivity contribution in [2.75, 3.05) is 20.8 Å². The average molecular weight is 362 g/mol. The van der Waals surface area contributed by atoms with Gasteiger partial charge in [0.2, 0.25) is 0 Å². The molecule has 0 aromatic rings. The fraction of sp³-hybridized carbons (Fsp3) is 0.857. The molecule has 5 heteroatoms. The number of methoxy groups -OCH3 is 2. The third-order valence-electron chi connectivity index (χ3n) is 9.43. The number of carbonyl (C=O) groups is 1. The van der Waals surface area contributed by atoms with Crippen molar-refractivity contribution in [2.45, 2.75) is 70.4 Å². The van der Waals surface area contributed by atoms with E-state index in [0.29, 0.717) is 18.9 Å². The smallest absolute Gasteiger partial charge is 0.174 e. The standard InChI is InChI=1S/C21H30O5/c1-11-6-7-20(23)10-21-12-9-26-13(12)8-14(24-4)18(21,2)17(22)16(25-5)15(11)19(20,21)3/h12-14,16,23H,6-10H2,1-5H3. The zero-order chi connectivity index (χ0) is 18.7. The molecule has 0 aromatic carbocycles. The summed E-state index contributed by atoms with van der Waals surface area (Å²) in [5.74, 6) is 0.430. The predicted octanol–water partition coefficient (Wildman–Crippen LogP) is 2.26. The second-order valence-electron chi connectivity index (χ2n) is 9.62. The number of Topliss-reactive ketones (excluding diaryl/α,β-unsaturated/α-hetero) is 1. The van der Waals surface area contributed by atoms with Crippen LogP contribution in [-0.4, -0.2) is 55.6 Å². The molecule has 1 N–H and O–H groups in total. The van der Waals surface area contributed by atoms with E-state index in [9.17, 15) is 9.90 Å². The minimum absolute atomic E-state index is 0.129. The van der Waals surface area contributed by atoms with E-state index in [1.807, 2.05) is 0 Å². The summed E-state index contributed by atoms with van der Waals surface area (Å²) in [5.41, 5.74) is 0.0425. The molecule has 4 fully saturated rings. The van der Waals surface area contributed by atoms with E-state index in [2.05, 4.69) is 20.8 Å². The van der Waals surface area contributed by atoms with Crippen molar-refractivity contribution in [1.82, 2.24) is 0 Å². The molecule has 0 bridgehead atoms. The van der Waals surface area contributed by atoms with E-state index < -0.39 is 22.5 Å². The summed E-state index contributed by atoms with van der Waals surface area (Å²) < 4.78 is 17.6. The Morgan fingerprint density at radius 3 is 2.54 bits per heavy atom. The van der Waals surface area contributed by atoms with Crippen LogP contribution >= 0.6 is 0 Å². The molecule has 1 spiro atoms. The van der Waals surface area contributed by atoms with Gasteiger partial charge in [0.25, 0.3) is 0 Å². The maximum Gasteiger partial charge on any atom is 0.174 e. The number of hydrogen-bond donors (Lipinski definition) is 1. The Kier molecular flexibility index (Phi) is 3.21. The van der Waals surface area contributed by atoms with Crippen LogP contribution in [0.1, 0.15) is 46.5 Å². The highest BCUT2D eigenvalue weighted by atomic mass is 16.5. The summed E-state index contributed by atoms with van der Waals surface area (Å²) in [5, 5.41) is 11.7. The quantitative estimate of drug-likeness (QED) is 0.764. The van der Waals surface area contributed by atoms with Crippen LogP contribution < -0.4 is 0 Å². The van der Waals surface area contributed by atoms with Gasteiger partial charge < -0.3 is 19.3 Å². The zero-order valence-electron chi connectivity index (χ0n) is 16.4. The molecule has 8 unspecified atom stereocenters. The van der Waals surface area contributed by atoms with Gasteiger partial charge in [-0.1, -0.05) is 12.5 Å². The average Bonchev–Trinajstić information content (AvgIpc) is 2.58. The third kappa shape index (κ3) is 1.38. The number of ether oxygens (including phenoxy) is 3. The first kappa shape index (κ1) is 17.4. The molecule has 144 valence electrons. The largest absolute Gasteiger partial charge is 0.389 e. The lowest BCUT2D eigenvalue weighted by molar-refractivity contribution is -0.387. The molecule has 5 rings (SSSR count). The summed E-state index contributed by atoms with van der Waals surface area (Å²) >= 11 is 0. The van der Waals surface area contributed by atoms with Gasteiger partial charge in [0.1, 0.15) is 6.10 Å². The number of ketones is 1. The van der Waals surface area contributed by atoms with Gasteiger partial charge in [-0.25, -0.2) is 0 Å². The van der Waals surface area contributed by atoms with Crippen molar-refractivity contribution < 1.29 is 24.1 Å². The molecule has 8 atom stereocenters. The van der Waals surface area contributed by atoms with Crippen molar-refractivity contribution in [3.05, 3.63) is 11.1 Å². The highest BCUT2D eigenvalue weighted by Gasteiger charge is 2.88. The van der Waals surface area contributed by atoms with Crippen LogP contribution in [0.4, 0.5) is 0 Å². The monoisotopic (exact) mass is 362 g/mol. The molecule has 0 aromatic heterocycles. The van der Waals surface area contributed by atoms with Crippen molar-refractivity contribution in [2.24, 2.45) is 22.2 Å². The van der Waals surface area contributed by atoms with Crippen molar-refractivity contribution in [1.29, 1.82) is 0 Å². The Balaban J connectivity index is 1.82. The molecule has 1 heterocycles. The number of rotatable bonds is 2. The van der Waals surface area contributed by atoms with Crippen LogP contribution in [0.3, 0.4) is 0 Å². The highest BCUT2D eigenvalue weighted by molar-refractivity contribution is 5.96. The van der Waals surface area contributed by atoms with E-state index in [-0.39, 0.29) is 23.4 Å². The Morgan fingerprint density at radius 1 is 1.23 bits per heavy atom. The van der Waals surface area contributed by atoms with E-state index in [0.717, 1.165) is 24.8 Å². The second kappa shape index (κ2) is 4.80. The number of hydrogen-bond acceptors (Lipinski definition) is 5. The molecule has 3 saturated carbocycles. The second-order valence-corrected chi connectivity index (χ2v) is 9.62. The van der Waals surface area contributed by atoms with E-state index in [1.165, 1.54) is 5.57 Å². The predicted molar refractivity (Wildman–Crippen MR) is 94.6 cm³/mol. The number of carbonyl (C=O) groups excluding carboxylic acids is 1. The minimum atomic E-state index is -0.768. The van der Waals surface area contributed by atoms with Crippen LogP contribution in [0.5, 0.6) is 0 Å². The minimum Gasteiger partial charge on any atom is -0.389 e. The lowest BCUT2D eigenvalue weighted by atomic mass is 9.22. The van der Waals surface area contributed by atoms with Crippen molar-refractivity contribution in [3.8, 4) is 0 Å². The first-order chi connectivity index (χ1) is 12.2.